The third-order valence-electron chi connectivity index (χ3n) is 8.93. The highest BCUT2D eigenvalue weighted by atomic mass is 19.3. The number of hydrogen-bond donors (Lipinski definition) is 0. The van der Waals surface area contributed by atoms with Crippen molar-refractivity contribution in [1.82, 2.24) is 19.7 Å². The molecule has 1 aromatic carbocycles. The zero-order chi connectivity index (χ0) is 28.1. The fourth-order valence-electron chi connectivity index (χ4n) is 6.33. The Kier molecular flexibility index (Phi) is 9.04. The summed E-state index contributed by atoms with van der Waals surface area (Å²) in [4.78, 5) is 11.9. The minimum Gasteiger partial charge on any atom is -0.380 e. The Hall–Kier alpha value is -2.99. The van der Waals surface area contributed by atoms with Gasteiger partial charge in [-0.2, -0.15) is 0 Å². The fourth-order valence-corrected chi connectivity index (χ4v) is 6.33. The average molecular weight is 547 g/mol. The number of halogens is 2. The summed E-state index contributed by atoms with van der Waals surface area (Å²) in [5.74, 6) is -2.48. The van der Waals surface area contributed by atoms with E-state index in [9.17, 15) is 8.78 Å². The third-order valence-corrected chi connectivity index (χ3v) is 8.93. The molecule has 1 unspecified atom stereocenters. The van der Waals surface area contributed by atoms with E-state index in [1.165, 1.54) is 16.7 Å². The Morgan fingerprint density at radius 1 is 1.07 bits per heavy atom. The number of alkyl halides is 2. The second-order valence-electron chi connectivity index (χ2n) is 11.6. The molecule has 3 heterocycles. The average Bonchev–Trinajstić information content (AvgIpc) is 3.00. The van der Waals surface area contributed by atoms with E-state index in [0.29, 0.717) is 25.2 Å². The topological polar surface area (TPSA) is 22.6 Å². The van der Waals surface area contributed by atoms with Crippen LogP contribution >= 0.6 is 0 Å². The number of pyridine rings is 1. The summed E-state index contributed by atoms with van der Waals surface area (Å²) in [6.45, 7) is 7.30. The van der Waals surface area contributed by atoms with Gasteiger partial charge in [-0.05, 0) is 67.9 Å². The summed E-state index contributed by atoms with van der Waals surface area (Å²) in [6, 6.07) is 13.8. The molecule has 214 valence electrons. The molecule has 6 heteroatoms. The van der Waals surface area contributed by atoms with Crippen LogP contribution in [0, 0.1) is 0 Å². The lowest BCUT2D eigenvalue weighted by atomic mass is 9.87. The van der Waals surface area contributed by atoms with Crippen molar-refractivity contribution in [3.8, 4) is 11.3 Å². The molecule has 0 radical (unpaired) electrons. The standard InChI is InChI=1S/C34H44F2N4/c1-4-26(24-38(3)5-2)27-9-6-10-28(21-27)33-15-14-29(23-37-33)30-11-8-18-40(25-30)32-13-7-12-31(22-32)39-19-16-34(35,36)17-20-39/h6,8-11,14-15,21,23-25,31-32H,4-5,7,12-13,16-20,22H2,1-3H3/b26-24+/t31-,32?/m1/s1. The molecule has 0 amide bonds. The smallest absolute Gasteiger partial charge is 0.250 e. The largest absolute Gasteiger partial charge is 0.380 e. The summed E-state index contributed by atoms with van der Waals surface area (Å²) in [6.07, 6.45) is 16.4. The number of piperidine rings is 1. The molecule has 2 aliphatic heterocycles. The normalized spacial score (nSPS) is 23.7. The molecule has 5 rings (SSSR count). The minimum atomic E-state index is -2.48. The zero-order valence-corrected chi connectivity index (χ0v) is 24.3. The van der Waals surface area contributed by atoms with Gasteiger partial charge in [0.2, 0.25) is 0 Å². The molecule has 1 saturated heterocycles. The maximum atomic E-state index is 13.7. The van der Waals surface area contributed by atoms with Gasteiger partial charge in [0.1, 0.15) is 0 Å². The van der Waals surface area contributed by atoms with Gasteiger partial charge in [-0.1, -0.05) is 43.3 Å². The minimum absolute atomic E-state index is 0.00459. The van der Waals surface area contributed by atoms with Gasteiger partial charge in [-0.25, -0.2) is 8.78 Å². The van der Waals surface area contributed by atoms with Gasteiger partial charge in [0.25, 0.3) is 5.92 Å². The first kappa shape index (κ1) is 28.5. The Bertz CT molecular complexity index is 1220. The van der Waals surface area contributed by atoms with Crippen LogP contribution in [0.25, 0.3) is 22.4 Å². The second-order valence-corrected chi connectivity index (χ2v) is 11.6. The van der Waals surface area contributed by atoms with Gasteiger partial charge in [-0.15, -0.1) is 0 Å². The lowest BCUT2D eigenvalue weighted by molar-refractivity contribution is -0.0676. The van der Waals surface area contributed by atoms with Crippen molar-refractivity contribution in [2.45, 2.75) is 76.8 Å². The van der Waals surface area contributed by atoms with Crippen LogP contribution in [0.4, 0.5) is 8.78 Å². The summed E-state index contributed by atoms with van der Waals surface area (Å²) < 4.78 is 27.4. The van der Waals surface area contributed by atoms with Crippen molar-refractivity contribution in [3.05, 3.63) is 78.3 Å². The lowest BCUT2D eigenvalue weighted by Crippen LogP contribution is -2.49. The first-order valence-electron chi connectivity index (χ1n) is 15.1. The molecular formula is C34H44F2N4. The van der Waals surface area contributed by atoms with Crippen LogP contribution in [-0.2, 0) is 0 Å². The van der Waals surface area contributed by atoms with E-state index in [4.69, 9.17) is 4.98 Å². The molecule has 40 heavy (non-hydrogen) atoms. The maximum Gasteiger partial charge on any atom is 0.250 e. The van der Waals surface area contributed by atoms with Crippen LogP contribution in [0.3, 0.4) is 0 Å². The number of aromatic nitrogens is 1. The Labute approximate surface area is 239 Å². The molecule has 1 saturated carbocycles. The monoisotopic (exact) mass is 546 g/mol. The SMILES string of the molecule is CC/C(=C\N(C)CC)c1cccc(-c2ccc(C3=CN(C4CCC[C@@H](N5CCC(F)(F)CC5)C4)CC=C3)cn2)c1. The highest BCUT2D eigenvalue weighted by Crippen LogP contribution is 2.34. The summed E-state index contributed by atoms with van der Waals surface area (Å²) in [5, 5.41) is 0. The van der Waals surface area contributed by atoms with Crippen LogP contribution in [0.1, 0.15) is 69.9 Å². The van der Waals surface area contributed by atoms with Gasteiger partial charge >= 0.3 is 0 Å². The van der Waals surface area contributed by atoms with Gasteiger partial charge in [-0.3, -0.25) is 9.88 Å². The predicted octanol–water partition coefficient (Wildman–Crippen LogP) is 7.71. The van der Waals surface area contributed by atoms with Gasteiger partial charge in [0.05, 0.1) is 5.69 Å². The molecule has 1 aromatic heterocycles. The molecule has 0 N–H and O–H groups in total. The van der Waals surface area contributed by atoms with Crippen molar-refractivity contribution in [2.24, 2.45) is 0 Å². The fraction of sp³-hybridized carbons (Fsp3) is 0.500. The summed E-state index contributed by atoms with van der Waals surface area (Å²) >= 11 is 0. The Morgan fingerprint density at radius 3 is 2.60 bits per heavy atom. The molecule has 0 spiro atoms. The van der Waals surface area contributed by atoms with Crippen LogP contribution in [-0.4, -0.2) is 70.9 Å². The quantitative estimate of drug-likeness (QED) is 0.338. The molecule has 2 fully saturated rings. The molecule has 3 aliphatic rings. The Morgan fingerprint density at radius 2 is 1.88 bits per heavy atom. The molecule has 0 bridgehead atoms. The van der Waals surface area contributed by atoms with Crippen molar-refractivity contribution < 1.29 is 8.78 Å². The summed E-state index contributed by atoms with van der Waals surface area (Å²) in [5.41, 5.74) is 6.96. The Balaban J connectivity index is 1.27. The number of allylic oxidation sites excluding steroid dienone is 3. The highest BCUT2D eigenvalue weighted by Gasteiger charge is 2.38. The van der Waals surface area contributed by atoms with E-state index in [1.807, 2.05) is 6.20 Å². The highest BCUT2D eigenvalue weighted by molar-refractivity contribution is 5.76. The van der Waals surface area contributed by atoms with Crippen molar-refractivity contribution in [1.29, 1.82) is 0 Å². The molecule has 1 aliphatic carbocycles. The zero-order valence-electron chi connectivity index (χ0n) is 24.3. The molecule has 4 nitrogen and oxygen atoms in total. The van der Waals surface area contributed by atoms with Gasteiger partial charge < -0.3 is 9.80 Å². The maximum absolute atomic E-state index is 13.7. The third kappa shape index (κ3) is 6.83. The number of rotatable bonds is 8. The predicted molar refractivity (Wildman–Crippen MR) is 162 cm³/mol. The van der Waals surface area contributed by atoms with E-state index >= 15 is 0 Å². The van der Waals surface area contributed by atoms with Gasteiger partial charge in [0, 0.05) is 87.9 Å². The van der Waals surface area contributed by atoms with Crippen LogP contribution in [0.5, 0.6) is 0 Å². The van der Waals surface area contributed by atoms with Crippen LogP contribution in [0.15, 0.2) is 67.1 Å². The lowest BCUT2D eigenvalue weighted by Gasteiger charge is -2.44. The van der Waals surface area contributed by atoms with E-state index in [-0.39, 0.29) is 12.8 Å². The van der Waals surface area contributed by atoms with E-state index in [0.717, 1.165) is 62.0 Å². The first-order chi connectivity index (χ1) is 19.3. The van der Waals surface area contributed by atoms with E-state index in [1.54, 1.807) is 0 Å². The summed E-state index contributed by atoms with van der Waals surface area (Å²) in [7, 11) is 2.11. The number of benzene rings is 1. The molecule has 2 atom stereocenters. The van der Waals surface area contributed by atoms with Crippen LogP contribution < -0.4 is 0 Å². The second kappa shape index (κ2) is 12.7. The van der Waals surface area contributed by atoms with Crippen molar-refractivity contribution >= 4 is 11.1 Å². The first-order valence-corrected chi connectivity index (χ1v) is 15.1. The van der Waals surface area contributed by atoms with Gasteiger partial charge in [0.15, 0.2) is 0 Å². The van der Waals surface area contributed by atoms with E-state index < -0.39 is 5.92 Å². The van der Waals surface area contributed by atoms with Crippen LogP contribution in [0.2, 0.25) is 0 Å². The number of hydrogen-bond acceptors (Lipinski definition) is 4. The number of likely N-dealkylation sites (tertiary alicyclic amines) is 1. The van der Waals surface area contributed by atoms with Crippen molar-refractivity contribution in [2.75, 3.05) is 33.2 Å². The molecular weight excluding hydrogens is 502 g/mol. The number of nitrogens with zero attached hydrogens (tertiary/aromatic N) is 4. The van der Waals surface area contributed by atoms with E-state index in [2.05, 4.69) is 96.5 Å². The van der Waals surface area contributed by atoms with Crippen molar-refractivity contribution in [3.63, 3.8) is 0 Å². The molecule has 2 aromatic rings.